The first-order valence-corrected chi connectivity index (χ1v) is 4.71. The molecule has 1 nitrogen and oxygen atoms in total. The summed E-state index contributed by atoms with van der Waals surface area (Å²) in [6.07, 6.45) is 0. The lowest BCUT2D eigenvalue weighted by atomic mass is 10.2. The van der Waals surface area contributed by atoms with E-state index in [0.29, 0.717) is 5.02 Å². The van der Waals surface area contributed by atoms with Gasteiger partial charge >= 0.3 is 0 Å². The number of rotatable bonds is 0. The average molecular weight is 202 g/mol. The molecule has 67 valence electrons. The summed E-state index contributed by atoms with van der Waals surface area (Å²) in [5, 5.41) is 2.76. The third-order valence-electron chi connectivity index (χ3n) is 2.29. The summed E-state index contributed by atoms with van der Waals surface area (Å²) in [6.45, 7) is 0. The van der Waals surface area contributed by atoms with Crippen LogP contribution >= 0.6 is 11.6 Å². The van der Waals surface area contributed by atoms with E-state index in [4.69, 9.17) is 16.0 Å². The SMILES string of the molecule is Clc1cccc2c1oc1cc[c]cc12. The second-order valence-electron chi connectivity index (χ2n) is 3.14. The second kappa shape index (κ2) is 2.76. The number of halogens is 1. The van der Waals surface area contributed by atoms with E-state index in [1.54, 1.807) is 0 Å². The highest BCUT2D eigenvalue weighted by Crippen LogP contribution is 2.32. The van der Waals surface area contributed by atoms with Gasteiger partial charge in [0.25, 0.3) is 0 Å². The highest BCUT2D eigenvalue weighted by atomic mass is 35.5. The molecule has 0 atom stereocenters. The molecule has 0 saturated carbocycles. The van der Waals surface area contributed by atoms with Crippen LogP contribution in [0.25, 0.3) is 21.9 Å². The molecule has 2 aromatic carbocycles. The normalized spacial score (nSPS) is 11.2. The molecular formula is C12H6ClO. The van der Waals surface area contributed by atoms with Crippen LogP contribution in [-0.4, -0.2) is 0 Å². The third kappa shape index (κ3) is 0.962. The van der Waals surface area contributed by atoms with E-state index in [1.807, 2.05) is 36.4 Å². The molecule has 14 heavy (non-hydrogen) atoms. The van der Waals surface area contributed by atoms with Gasteiger partial charge in [-0.1, -0.05) is 29.8 Å². The minimum absolute atomic E-state index is 0.652. The van der Waals surface area contributed by atoms with Crippen molar-refractivity contribution in [3.05, 3.63) is 47.5 Å². The smallest absolute Gasteiger partial charge is 0.153 e. The van der Waals surface area contributed by atoms with Crippen molar-refractivity contribution in [1.82, 2.24) is 0 Å². The van der Waals surface area contributed by atoms with Crippen LogP contribution in [0.2, 0.25) is 5.02 Å². The van der Waals surface area contributed by atoms with Gasteiger partial charge in [-0.2, -0.15) is 0 Å². The Bertz CT molecular complexity index is 610. The van der Waals surface area contributed by atoms with Gasteiger partial charge in [0.2, 0.25) is 0 Å². The Balaban J connectivity index is 2.63. The van der Waals surface area contributed by atoms with Crippen molar-refractivity contribution in [2.24, 2.45) is 0 Å². The van der Waals surface area contributed by atoms with E-state index in [2.05, 4.69) is 6.07 Å². The van der Waals surface area contributed by atoms with Gasteiger partial charge in [0.05, 0.1) is 5.02 Å². The van der Waals surface area contributed by atoms with Crippen LogP contribution in [0.3, 0.4) is 0 Å². The molecule has 0 aliphatic carbocycles. The Kier molecular flexibility index (Phi) is 1.55. The first-order chi connectivity index (χ1) is 6.86. The zero-order valence-corrected chi connectivity index (χ0v) is 8.01. The van der Waals surface area contributed by atoms with Crippen molar-refractivity contribution >= 4 is 33.5 Å². The largest absolute Gasteiger partial charge is 0.454 e. The van der Waals surface area contributed by atoms with E-state index in [1.165, 1.54) is 0 Å². The van der Waals surface area contributed by atoms with Crippen LogP contribution in [0, 0.1) is 6.07 Å². The molecule has 0 aliphatic rings. The monoisotopic (exact) mass is 201 g/mol. The summed E-state index contributed by atoms with van der Waals surface area (Å²) >= 11 is 6.02. The van der Waals surface area contributed by atoms with Crippen molar-refractivity contribution in [2.75, 3.05) is 0 Å². The molecule has 0 saturated heterocycles. The van der Waals surface area contributed by atoms with Crippen LogP contribution in [0.1, 0.15) is 0 Å². The molecule has 2 heteroatoms. The van der Waals surface area contributed by atoms with Gasteiger partial charge in [0.1, 0.15) is 5.58 Å². The summed E-state index contributed by atoms with van der Waals surface area (Å²) in [4.78, 5) is 0. The molecule has 1 aromatic heterocycles. The Morgan fingerprint density at radius 3 is 3.00 bits per heavy atom. The molecule has 0 spiro atoms. The van der Waals surface area contributed by atoms with Crippen LogP contribution < -0.4 is 0 Å². The standard InChI is InChI=1S/C12H6ClO/c13-10-6-3-5-9-8-4-1-2-7-11(8)14-12(9)10/h2-7H. The zero-order chi connectivity index (χ0) is 9.54. The second-order valence-corrected chi connectivity index (χ2v) is 3.55. The first kappa shape index (κ1) is 7.89. The number of hydrogen-bond donors (Lipinski definition) is 0. The molecule has 1 radical (unpaired) electrons. The molecular weight excluding hydrogens is 196 g/mol. The highest BCUT2D eigenvalue weighted by Gasteiger charge is 2.07. The summed E-state index contributed by atoms with van der Waals surface area (Å²) in [5.41, 5.74) is 1.61. The van der Waals surface area contributed by atoms with Gasteiger partial charge in [-0.15, -0.1) is 0 Å². The molecule has 1 heterocycles. The molecule has 0 aliphatic heterocycles. The van der Waals surface area contributed by atoms with Gasteiger partial charge in [0.15, 0.2) is 5.58 Å². The fourth-order valence-corrected chi connectivity index (χ4v) is 1.86. The Morgan fingerprint density at radius 2 is 2.07 bits per heavy atom. The predicted octanol–water partition coefficient (Wildman–Crippen LogP) is 4.04. The van der Waals surface area contributed by atoms with E-state index in [0.717, 1.165) is 21.9 Å². The first-order valence-electron chi connectivity index (χ1n) is 4.33. The van der Waals surface area contributed by atoms with Crippen molar-refractivity contribution in [2.45, 2.75) is 0 Å². The predicted molar refractivity (Wildman–Crippen MR) is 57.6 cm³/mol. The average Bonchev–Trinajstić information content (AvgIpc) is 2.59. The van der Waals surface area contributed by atoms with Crippen molar-refractivity contribution in [3.63, 3.8) is 0 Å². The summed E-state index contributed by atoms with van der Waals surface area (Å²) in [5.74, 6) is 0. The molecule has 0 bridgehead atoms. The minimum Gasteiger partial charge on any atom is -0.454 e. The van der Waals surface area contributed by atoms with Crippen LogP contribution in [0.5, 0.6) is 0 Å². The van der Waals surface area contributed by atoms with Crippen molar-refractivity contribution in [1.29, 1.82) is 0 Å². The van der Waals surface area contributed by atoms with Gasteiger partial charge < -0.3 is 4.42 Å². The lowest BCUT2D eigenvalue weighted by molar-refractivity contribution is 0.669. The molecule has 3 aromatic rings. The summed E-state index contributed by atoms with van der Waals surface area (Å²) in [7, 11) is 0. The van der Waals surface area contributed by atoms with E-state index >= 15 is 0 Å². The fourth-order valence-electron chi connectivity index (χ4n) is 1.65. The van der Waals surface area contributed by atoms with Gasteiger partial charge in [-0.25, -0.2) is 0 Å². The van der Waals surface area contributed by atoms with Crippen LogP contribution in [0.4, 0.5) is 0 Å². The quantitative estimate of drug-likeness (QED) is 0.535. The molecule has 3 rings (SSSR count). The van der Waals surface area contributed by atoms with Gasteiger partial charge in [-0.05, 0) is 24.3 Å². The number of furan rings is 1. The molecule has 0 unspecified atom stereocenters. The maximum absolute atomic E-state index is 6.02. The van der Waals surface area contributed by atoms with Crippen molar-refractivity contribution in [3.8, 4) is 0 Å². The van der Waals surface area contributed by atoms with Gasteiger partial charge in [-0.3, -0.25) is 0 Å². The topological polar surface area (TPSA) is 13.1 Å². The Labute approximate surface area is 85.9 Å². The lowest BCUT2D eigenvalue weighted by Crippen LogP contribution is -1.66. The highest BCUT2D eigenvalue weighted by molar-refractivity contribution is 6.35. The maximum atomic E-state index is 6.02. The van der Waals surface area contributed by atoms with Crippen LogP contribution in [-0.2, 0) is 0 Å². The van der Waals surface area contributed by atoms with Crippen molar-refractivity contribution < 1.29 is 4.42 Å². The summed E-state index contributed by atoms with van der Waals surface area (Å²) in [6, 6.07) is 14.4. The molecule has 0 fully saturated rings. The number of para-hydroxylation sites is 1. The lowest BCUT2D eigenvalue weighted by Gasteiger charge is -1.89. The number of fused-ring (bicyclic) bond motifs is 3. The maximum Gasteiger partial charge on any atom is 0.153 e. The number of hydrogen-bond acceptors (Lipinski definition) is 1. The molecule has 0 N–H and O–H groups in total. The van der Waals surface area contributed by atoms with Gasteiger partial charge in [0, 0.05) is 10.8 Å². The van der Waals surface area contributed by atoms with E-state index in [-0.39, 0.29) is 0 Å². The zero-order valence-electron chi connectivity index (χ0n) is 7.25. The van der Waals surface area contributed by atoms with E-state index < -0.39 is 0 Å². The third-order valence-corrected chi connectivity index (χ3v) is 2.59. The van der Waals surface area contributed by atoms with E-state index in [9.17, 15) is 0 Å². The number of benzene rings is 2. The van der Waals surface area contributed by atoms with Crippen LogP contribution in [0.15, 0.2) is 40.8 Å². The summed E-state index contributed by atoms with van der Waals surface area (Å²) < 4.78 is 5.63. The Morgan fingerprint density at radius 1 is 1.14 bits per heavy atom. The Hall–Kier alpha value is -1.47. The minimum atomic E-state index is 0.652. The fraction of sp³-hybridized carbons (Fsp3) is 0. The molecule has 0 amide bonds.